The van der Waals surface area contributed by atoms with Crippen molar-refractivity contribution in [2.75, 3.05) is 32.0 Å². The van der Waals surface area contributed by atoms with Gasteiger partial charge in [-0.05, 0) is 50.9 Å². The van der Waals surface area contributed by atoms with Gasteiger partial charge < -0.3 is 10.6 Å². The number of halogens is 1. The minimum Gasteiger partial charge on any atom is -0.323 e. The van der Waals surface area contributed by atoms with Gasteiger partial charge in [0.2, 0.25) is 5.91 Å². The summed E-state index contributed by atoms with van der Waals surface area (Å²) >= 11 is 6.22. The Hall–Kier alpha value is -1.10. The average molecular weight is 310 g/mol. The predicted molar refractivity (Wildman–Crippen MR) is 88.1 cm³/mol. The summed E-state index contributed by atoms with van der Waals surface area (Å²) in [4.78, 5) is 14.4. The average Bonchev–Trinajstić information content (AvgIpc) is 2.43. The van der Waals surface area contributed by atoms with Crippen molar-refractivity contribution in [3.63, 3.8) is 0 Å². The Balaban J connectivity index is 1.91. The molecule has 1 aliphatic rings. The van der Waals surface area contributed by atoms with Gasteiger partial charge in [-0.25, -0.2) is 0 Å². The van der Waals surface area contributed by atoms with E-state index in [9.17, 15) is 4.79 Å². The van der Waals surface area contributed by atoms with Crippen LogP contribution >= 0.6 is 11.6 Å². The maximum Gasteiger partial charge on any atom is 0.238 e. The van der Waals surface area contributed by atoms with Crippen LogP contribution in [-0.4, -0.2) is 43.5 Å². The molecule has 0 atom stereocenters. The lowest BCUT2D eigenvalue weighted by atomic mass is 10.1. The van der Waals surface area contributed by atoms with Gasteiger partial charge >= 0.3 is 0 Å². The number of nitrogens with one attached hydrogen (secondary N) is 2. The van der Waals surface area contributed by atoms with E-state index >= 15 is 0 Å². The Morgan fingerprint density at radius 2 is 2.00 bits per heavy atom. The highest BCUT2D eigenvalue weighted by atomic mass is 35.5. The van der Waals surface area contributed by atoms with E-state index in [4.69, 9.17) is 11.6 Å². The second-order valence-electron chi connectivity index (χ2n) is 5.83. The molecule has 2 rings (SSSR count). The quantitative estimate of drug-likeness (QED) is 0.898. The van der Waals surface area contributed by atoms with Crippen molar-refractivity contribution in [2.24, 2.45) is 0 Å². The summed E-state index contributed by atoms with van der Waals surface area (Å²) in [5.41, 5.74) is 2.84. The Morgan fingerprint density at radius 1 is 1.33 bits per heavy atom. The number of aryl methyl sites for hydroxylation is 2. The molecule has 0 spiro atoms. The molecule has 0 bridgehead atoms. The van der Waals surface area contributed by atoms with Gasteiger partial charge in [-0.15, -0.1) is 0 Å². The third-order valence-electron chi connectivity index (χ3n) is 4.06. The molecule has 0 aromatic heterocycles. The highest BCUT2D eigenvalue weighted by molar-refractivity contribution is 6.34. The molecule has 1 fully saturated rings. The Bertz CT molecular complexity index is 487. The maximum atomic E-state index is 12.2. The van der Waals surface area contributed by atoms with E-state index < -0.39 is 0 Å². The fourth-order valence-electron chi connectivity index (χ4n) is 2.84. The fourth-order valence-corrected chi connectivity index (χ4v) is 3.20. The first-order valence-corrected chi connectivity index (χ1v) is 7.83. The lowest BCUT2D eigenvalue weighted by molar-refractivity contribution is -0.117. The van der Waals surface area contributed by atoms with Crippen LogP contribution in [0.3, 0.4) is 0 Å². The Kier molecular flexibility index (Phi) is 5.62. The second-order valence-corrected chi connectivity index (χ2v) is 6.23. The van der Waals surface area contributed by atoms with Crippen LogP contribution < -0.4 is 10.6 Å². The largest absolute Gasteiger partial charge is 0.323 e. The molecule has 1 aliphatic heterocycles. The topological polar surface area (TPSA) is 44.4 Å². The van der Waals surface area contributed by atoms with Crippen LogP contribution in [0.1, 0.15) is 24.0 Å². The summed E-state index contributed by atoms with van der Waals surface area (Å²) in [6, 6.07) is 4.49. The molecule has 2 N–H and O–H groups in total. The van der Waals surface area contributed by atoms with Crippen molar-refractivity contribution in [3.05, 3.63) is 28.3 Å². The summed E-state index contributed by atoms with van der Waals surface area (Å²) in [5, 5.41) is 6.85. The summed E-state index contributed by atoms with van der Waals surface area (Å²) in [6.07, 6.45) is 2.18. The van der Waals surface area contributed by atoms with Crippen molar-refractivity contribution in [1.82, 2.24) is 10.2 Å². The number of hydrogen-bond acceptors (Lipinski definition) is 3. The minimum atomic E-state index is 0.00626. The summed E-state index contributed by atoms with van der Waals surface area (Å²) in [7, 11) is 2.00. The molecular weight excluding hydrogens is 286 g/mol. The minimum absolute atomic E-state index is 0.00626. The monoisotopic (exact) mass is 309 g/mol. The van der Waals surface area contributed by atoms with Crippen LogP contribution in [0.2, 0.25) is 5.02 Å². The number of hydrogen-bond donors (Lipinski definition) is 2. The highest BCUT2D eigenvalue weighted by Gasteiger charge is 2.20. The number of nitrogens with zero attached hydrogens (tertiary/aromatic N) is 1. The number of carbonyl (C=O) groups is 1. The zero-order valence-electron chi connectivity index (χ0n) is 13.0. The third-order valence-corrected chi connectivity index (χ3v) is 4.36. The number of amides is 1. The van der Waals surface area contributed by atoms with E-state index in [0.29, 0.717) is 17.6 Å². The maximum absolute atomic E-state index is 12.2. The molecule has 0 radical (unpaired) electrons. The number of anilines is 1. The van der Waals surface area contributed by atoms with E-state index in [2.05, 4.69) is 15.5 Å². The van der Waals surface area contributed by atoms with Gasteiger partial charge in [-0.1, -0.05) is 17.7 Å². The number of benzene rings is 1. The Labute approximate surface area is 131 Å². The first kappa shape index (κ1) is 16.3. The summed E-state index contributed by atoms with van der Waals surface area (Å²) in [6.45, 7) is 6.31. The van der Waals surface area contributed by atoms with Gasteiger partial charge in [0, 0.05) is 19.1 Å². The van der Waals surface area contributed by atoms with Crippen LogP contribution in [0.15, 0.2) is 12.1 Å². The van der Waals surface area contributed by atoms with Gasteiger partial charge in [0.25, 0.3) is 0 Å². The van der Waals surface area contributed by atoms with Gasteiger partial charge in [-0.2, -0.15) is 0 Å². The van der Waals surface area contributed by atoms with E-state index in [1.54, 1.807) is 0 Å². The zero-order valence-corrected chi connectivity index (χ0v) is 13.8. The molecule has 0 aliphatic carbocycles. The van der Waals surface area contributed by atoms with E-state index in [-0.39, 0.29) is 5.91 Å². The third kappa shape index (κ3) is 4.43. The van der Waals surface area contributed by atoms with Gasteiger partial charge in [0.15, 0.2) is 0 Å². The van der Waals surface area contributed by atoms with Crippen molar-refractivity contribution < 1.29 is 4.79 Å². The standard InChI is InChI=1S/C16H24ClN3O/c1-11-8-12(2)16(14(17)9-11)19-15(21)10-20-6-4-13(18-3)5-7-20/h8-9,13,18H,4-7,10H2,1-3H3,(H,19,21). The number of likely N-dealkylation sites (tertiary alicyclic amines) is 1. The van der Waals surface area contributed by atoms with Crippen LogP contribution in [0.4, 0.5) is 5.69 Å². The molecule has 4 nitrogen and oxygen atoms in total. The van der Waals surface area contributed by atoms with Crippen molar-refractivity contribution in [1.29, 1.82) is 0 Å². The molecule has 21 heavy (non-hydrogen) atoms. The Morgan fingerprint density at radius 3 is 2.57 bits per heavy atom. The smallest absolute Gasteiger partial charge is 0.238 e. The van der Waals surface area contributed by atoms with Crippen molar-refractivity contribution in [3.8, 4) is 0 Å². The lowest BCUT2D eigenvalue weighted by Crippen LogP contribution is -2.44. The summed E-state index contributed by atoms with van der Waals surface area (Å²) < 4.78 is 0. The SMILES string of the molecule is CNC1CCN(CC(=O)Nc2c(C)cc(C)cc2Cl)CC1. The molecule has 116 valence electrons. The van der Waals surface area contributed by atoms with Crippen LogP contribution in [0.25, 0.3) is 0 Å². The molecule has 0 unspecified atom stereocenters. The number of carbonyl (C=O) groups excluding carboxylic acids is 1. The molecule has 1 heterocycles. The molecule has 1 aromatic carbocycles. The van der Waals surface area contributed by atoms with Gasteiger partial charge in [-0.3, -0.25) is 9.69 Å². The van der Waals surface area contributed by atoms with Crippen LogP contribution in [-0.2, 0) is 4.79 Å². The van der Waals surface area contributed by atoms with E-state index in [1.165, 1.54) is 0 Å². The number of piperidine rings is 1. The first-order chi connectivity index (χ1) is 9.99. The van der Waals surface area contributed by atoms with E-state index in [0.717, 1.165) is 42.7 Å². The van der Waals surface area contributed by atoms with Crippen molar-refractivity contribution >= 4 is 23.2 Å². The fraction of sp³-hybridized carbons (Fsp3) is 0.562. The lowest BCUT2D eigenvalue weighted by Gasteiger charge is -2.31. The molecular formula is C16H24ClN3O. The zero-order chi connectivity index (χ0) is 15.4. The number of rotatable bonds is 4. The van der Waals surface area contributed by atoms with Crippen LogP contribution in [0, 0.1) is 13.8 Å². The predicted octanol–water partition coefficient (Wildman–Crippen LogP) is 2.58. The van der Waals surface area contributed by atoms with Crippen LogP contribution in [0.5, 0.6) is 0 Å². The normalized spacial score (nSPS) is 17.0. The second kappa shape index (κ2) is 7.25. The molecule has 0 saturated carbocycles. The molecule has 1 amide bonds. The molecule has 5 heteroatoms. The van der Waals surface area contributed by atoms with Crippen molar-refractivity contribution in [2.45, 2.75) is 32.7 Å². The summed E-state index contributed by atoms with van der Waals surface area (Å²) in [5.74, 6) is 0.00626. The molecule has 1 saturated heterocycles. The van der Waals surface area contributed by atoms with Gasteiger partial charge in [0.1, 0.15) is 0 Å². The highest BCUT2D eigenvalue weighted by Crippen LogP contribution is 2.27. The first-order valence-electron chi connectivity index (χ1n) is 7.46. The van der Waals surface area contributed by atoms with E-state index in [1.807, 2.05) is 33.0 Å². The molecule has 1 aromatic rings. The van der Waals surface area contributed by atoms with Gasteiger partial charge in [0.05, 0.1) is 17.3 Å².